The molecule has 0 aliphatic rings. The molecule has 0 atom stereocenters. The Hall–Kier alpha value is -2.15. The summed E-state index contributed by atoms with van der Waals surface area (Å²) >= 11 is 0. The van der Waals surface area contributed by atoms with Crippen LogP contribution in [0.25, 0.3) is 5.52 Å². The Bertz CT molecular complexity index is 616. The van der Waals surface area contributed by atoms with Crippen LogP contribution in [-0.2, 0) is 11.3 Å². The van der Waals surface area contributed by atoms with Gasteiger partial charge in [-0.2, -0.15) is 5.10 Å². The second-order valence-corrected chi connectivity index (χ2v) is 4.34. The summed E-state index contributed by atoms with van der Waals surface area (Å²) in [6.45, 7) is 0.644. The third-order valence-electron chi connectivity index (χ3n) is 3.00. The zero-order chi connectivity index (χ0) is 13.7. The molecule has 2 aromatic rings. The van der Waals surface area contributed by atoms with Crippen molar-refractivity contribution < 1.29 is 4.79 Å². The molecule has 102 valence electrons. The lowest BCUT2D eigenvalue weighted by Crippen LogP contribution is -2.29. The van der Waals surface area contributed by atoms with E-state index in [1.807, 2.05) is 0 Å². The lowest BCUT2D eigenvalue weighted by molar-refractivity contribution is -0.121. The fraction of sp³-hybridized carbons (Fsp3) is 0.417. The van der Waals surface area contributed by atoms with Crippen LogP contribution >= 0.6 is 0 Å². The van der Waals surface area contributed by atoms with E-state index in [4.69, 9.17) is 5.84 Å². The van der Waals surface area contributed by atoms with Gasteiger partial charge in [-0.05, 0) is 18.9 Å². The quantitative estimate of drug-likeness (QED) is 0.333. The van der Waals surface area contributed by atoms with Gasteiger partial charge in [-0.1, -0.05) is 6.42 Å². The van der Waals surface area contributed by atoms with Crippen molar-refractivity contribution in [2.75, 3.05) is 0 Å². The number of hydrogen-bond donors (Lipinski definition) is 2. The minimum atomic E-state index is -0.155. The molecule has 19 heavy (non-hydrogen) atoms. The standard InChI is InChI=1S/C12H17N5O2/c13-15-11(18)4-2-1-3-7-16-8-9-17-10(12(16)19)5-6-14-17/h5-6,8-9H,1-4,7,13H2,(H,15,18). The zero-order valence-electron chi connectivity index (χ0n) is 10.6. The van der Waals surface area contributed by atoms with Gasteiger partial charge in [-0.25, -0.2) is 10.4 Å². The SMILES string of the molecule is NNC(=O)CCCCCn1ccn2nccc2c1=O. The number of fused-ring (bicyclic) bond motifs is 1. The van der Waals surface area contributed by atoms with Crippen LogP contribution in [0.1, 0.15) is 25.7 Å². The van der Waals surface area contributed by atoms with Crippen LogP contribution in [-0.4, -0.2) is 20.1 Å². The molecule has 2 aromatic heterocycles. The van der Waals surface area contributed by atoms with Crippen molar-refractivity contribution >= 4 is 11.4 Å². The molecule has 0 unspecified atom stereocenters. The van der Waals surface area contributed by atoms with Crippen molar-refractivity contribution in [3.05, 3.63) is 35.0 Å². The molecule has 3 N–H and O–H groups in total. The van der Waals surface area contributed by atoms with Crippen LogP contribution in [0.15, 0.2) is 29.5 Å². The molecule has 0 aromatic carbocycles. The maximum absolute atomic E-state index is 12.0. The first-order valence-electron chi connectivity index (χ1n) is 6.24. The topological polar surface area (TPSA) is 94.4 Å². The average Bonchev–Trinajstić information content (AvgIpc) is 2.89. The van der Waals surface area contributed by atoms with Crippen LogP contribution in [0.2, 0.25) is 0 Å². The first-order valence-corrected chi connectivity index (χ1v) is 6.24. The molecule has 0 bridgehead atoms. The highest BCUT2D eigenvalue weighted by atomic mass is 16.2. The molecule has 1 amide bonds. The number of unbranched alkanes of at least 4 members (excludes halogenated alkanes) is 2. The van der Waals surface area contributed by atoms with Gasteiger partial charge >= 0.3 is 0 Å². The van der Waals surface area contributed by atoms with E-state index in [1.54, 1.807) is 33.7 Å². The summed E-state index contributed by atoms with van der Waals surface area (Å²) in [5, 5.41) is 4.01. The van der Waals surface area contributed by atoms with Gasteiger partial charge in [-0.15, -0.1) is 0 Å². The largest absolute Gasteiger partial charge is 0.312 e. The summed E-state index contributed by atoms with van der Waals surface area (Å²) < 4.78 is 3.23. The van der Waals surface area contributed by atoms with E-state index >= 15 is 0 Å². The van der Waals surface area contributed by atoms with Crippen LogP contribution < -0.4 is 16.8 Å². The van der Waals surface area contributed by atoms with Crippen molar-refractivity contribution in [2.24, 2.45) is 5.84 Å². The maximum atomic E-state index is 12.0. The molecule has 0 fully saturated rings. The Morgan fingerprint density at radius 1 is 1.32 bits per heavy atom. The maximum Gasteiger partial charge on any atom is 0.276 e. The molecule has 0 radical (unpaired) electrons. The van der Waals surface area contributed by atoms with Crippen molar-refractivity contribution in [3.8, 4) is 0 Å². The minimum absolute atomic E-state index is 0.0419. The number of hydrazine groups is 1. The monoisotopic (exact) mass is 263 g/mol. The average molecular weight is 263 g/mol. The third kappa shape index (κ3) is 3.19. The molecule has 2 heterocycles. The number of carbonyl (C=O) groups is 1. The number of aryl methyl sites for hydroxylation is 1. The Morgan fingerprint density at radius 3 is 2.95 bits per heavy atom. The number of amides is 1. The van der Waals surface area contributed by atoms with Crippen molar-refractivity contribution in [1.29, 1.82) is 0 Å². The van der Waals surface area contributed by atoms with Gasteiger partial charge in [0, 0.05) is 25.4 Å². The van der Waals surface area contributed by atoms with E-state index < -0.39 is 0 Å². The summed E-state index contributed by atoms with van der Waals surface area (Å²) in [6.07, 6.45) is 8.02. The molecule has 0 aliphatic carbocycles. The number of nitrogens with two attached hydrogens (primary N) is 1. The van der Waals surface area contributed by atoms with Crippen molar-refractivity contribution in [1.82, 2.24) is 19.6 Å². The second kappa shape index (κ2) is 6.14. The smallest absolute Gasteiger partial charge is 0.276 e. The molecular weight excluding hydrogens is 246 g/mol. The number of rotatable bonds is 6. The van der Waals surface area contributed by atoms with E-state index in [0.717, 1.165) is 19.3 Å². The molecule has 2 rings (SSSR count). The third-order valence-corrected chi connectivity index (χ3v) is 3.00. The Morgan fingerprint density at radius 2 is 2.16 bits per heavy atom. The zero-order valence-corrected chi connectivity index (χ0v) is 10.6. The van der Waals surface area contributed by atoms with Crippen LogP contribution in [0.3, 0.4) is 0 Å². The van der Waals surface area contributed by atoms with Gasteiger partial charge in [-0.3, -0.25) is 15.0 Å². The van der Waals surface area contributed by atoms with Crippen molar-refractivity contribution in [3.63, 3.8) is 0 Å². The fourth-order valence-electron chi connectivity index (χ4n) is 1.95. The van der Waals surface area contributed by atoms with Crippen LogP contribution in [0.4, 0.5) is 0 Å². The predicted octanol–water partition coefficient (Wildman–Crippen LogP) is 0.0463. The van der Waals surface area contributed by atoms with E-state index in [0.29, 0.717) is 18.5 Å². The Labute approximate surface area is 110 Å². The summed E-state index contributed by atoms with van der Waals surface area (Å²) in [5.74, 6) is 4.83. The highest BCUT2D eigenvalue weighted by Gasteiger charge is 2.03. The second-order valence-electron chi connectivity index (χ2n) is 4.34. The summed E-state index contributed by atoms with van der Waals surface area (Å²) in [5.41, 5.74) is 2.63. The number of aromatic nitrogens is 3. The van der Waals surface area contributed by atoms with Gasteiger partial charge in [0.1, 0.15) is 5.52 Å². The first-order chi connectivity index (χ1) is 9.22. The molecule has 7 heteroatoms. The van der Waals surface area contributed by atoms with Crippen LogP contribution in [0, 0.1) is 0 Å². The fourth-order valence-corrected chi connectivity index (χ4v) is 1.95. The highest BCUT2D eigenvalue weighted by Crippen LogP contribution is 2.02. The lowest BCUT2D eigenvalue weighted by atomic mass is 10.2. The number of nitrogens with zero attached hydrogens (tertiary/aromatic N) is 3. The van der Waals surface area contributed by atoms with E-state index in [9.17, 15) is 9.59 Å². The predicted molar refractivity (Wildman–Crippen MR) is 70.3 cm³/mol. The Balaban J connectivity index is 1.86. The van der Waals surface area contributed by atoms with Gasteiger partial charge in [0.05, 0.1) is 6.20 Å². The molecular formula is C12H17N5O2. The normalized spacial score (nSPS) is 10.8. The van der Waals surface area contributed by atoms with Gasteiger partial charge < -0.3 is 4.57 Å². The van der Waals surface area contributed by atoms with Gasteiger partial charge in [0.15, 0.2) is 0 Å². The summed E-state index contributed by atoms with van der Waals surface area (Å²) in [6, 6.07) is 1.70. The van der Waals surface area contributed by atoms with Crippen LogP contribution in [0.5, 0.6) is 0 Å². The molecule has 0 saturated heterocycles. The number of carbonyl (C=O) groups excluding carboxylic acids is 1. The Kier molecular flexibility index (Phi) is 4.30. The molecule has 7 nitrogen and oxygen atoms in total. The highest BCUT2D eigenvalue weighted by molar-refractivity contribution is 5.75. The van der Waals surface area contributed by atoms with Gasteiger partial charge in [0.2, 0.25) is 5.91 Å². The van der Waals surface area contributed by atoms with E-state index in [-0.39, 0.29) is 11.5 Å². The molecule has 0 spiro atoms. The number of hydrogen-bond acceptors (Lipinski definition) is 4. The first kappa shape index (κ1) is 13.3. The van der Waals surface area contributed by atoms with E-state index in [1.165, 1.54) is 0 Å². The number of nitrogens with one attached hydrogen (secondary N) is 1. The summed E-state index contributed by atoms with van der Waals surface area (Å²) in [7, 11) is 0. The van der Waals surface area contributed by atoms with Gasteiger partial charge in [0.25, 0.3) is 5.56 Å². The van der Waals surface area contributed by atoms with E-state index in [2.05, 4.69) is 10.5 Å². The minimum Gasteiger partial charge on any atom is -0.312 e. The lowest BCUT2D eigenvalue weighted by Gasteiger charge is -2.05. The molecule has 0 saturated carbocycles. The summed E-state index contributed by atoms with van der Waals surface area (Å²) in [4.78, 5) is 22.9. The molecule has 0 aliphatic heterocycles. The van der Waals surface area contributed by atoms with Crippen molar-refractivity contribution in [2.45, 2.75) is 32.2 Å².